The number of para-hydroxylation sites is 1. The number of thiocarbonyl (C=S) groups is 1. The largest absolute Gasteiger partial charge is 0.478 e. The van der Waals surface area contributed by atoms with Gasteiger partial charge in [0.2, 0.25) is 0 Å². The fraction of sp³-hybridized carbons (Fsp3) is 0.176. The van der Waals surface area contributed by atoms with E-state index in [1.54, 1.807) is 18.2 Å². The Kier molecular flexibility index (Phi) is 7.74. The molecule has 0 aliphatic rings. The molecule has 2 rings (SSSR count). The summed E-state index contributed by atoms with van der Waals surface area (Å²) in [6, 6.07) is 11.9. The van der Waals surface area contributed by atoms with Crippen LogP contribution in [0.1, 0.15) is 6.92 Å². The van der Waals surface area contributed by atoms with E-state index in [1.807, 2.05) is 0 Å². The molecule has 144 valence electrons. The van der Waals surface area contributed by atoms with Crippen molar-refractivity contribution in [3.63, 3.8) is 0 Å². The molecule has 0 aliphatic carbocycles. The van der Waals surface area contributed by atoms with Gasteiger partial charge in [-0.3, -0.25) is 15.6 Å². The minimum absolute atomic E-state index is 0.0393. The number of benzene rings is 2. The Hall–Kier alpha value is -2.46. The van der Waals surface area contributed by atoms with Crippen molar-refractivity contribution in [1.82, 2.24) is 10.9 Å². The zero-order valence-electron chi connectivity index (χ0n) is 14.0. The van der Waals surface area contributed by atoms with Crippen molar-refractivity contribution in [2.75, 3.05) is 5.32 Å². The van der Waals surface area contributed by atoms with Crippen LogP contribution in [0, 0.1) is 5.82 Å². The Morgan fingerprint density at radius 1 is 1.11 bits per heavy atom. The number of alkyl halides is 2. The first-order chi connectivity index (χ1) is 12.8. The van der Waals surface area contributed by atoms with E-state index in [1.165, 1.54) is 37.3 Å². The highest BCUT2D eigenvalue weighted by Crippen LogP contribution is 2.26. The van der Waals surface area contributed by atoms with E-state index >= 15 is 0 Å². The van der Waals surface area contributed by atoms with E-state index in [0.29, 0.717) is 22.3 Å². The summed E-state index contributed by atoms with van der Waals surface area (Å²) >= 11 is 5.47. The van der Waals surface area contributed by atoms with Gasteiger partial charge in [0.1, 0.15) is 0 Å². The number of carbonyl (C=O) groups is 1. The van der Waals surface area contributed by atoms with E-state index in [-0.39, 0.29) is 10.9 Å². The van der Waals surface area contributed by atoms with Crippen molar-refractivity contribution in [3.05, 3.63) is 54.3 Å². The predicted octanol–water partition coefficient (Wildman–Crippen LogP) is 3.93. The van der Waals surface area contributed by atoms with Crippen LogP contribution in [0.3, 0.4) is 0 Å². The molecule has 0 spiro atoms. The summed E-state index contributed by atoms with van der Waals surface area (Å²) in [5.41, 5.74) is 5.37. The minimum Gasteiger partial charge on any atom is -0.478 e. The normalized spacial score (nSPS) is 11.6. The lowest BCUT2D eigenvalue weighted by Gasteiger charge is -2.17. The van der Waals surface area contributed by atoms with Gasteiger partial charge in [0.25, 0.3) is 11.7 Å². The summed E-state index contributed by atoms with van der Waals surface area (Å²) < 4.78 is 43.3. The molecule has 10 heteroatoms. The van der Waals surface area contributed by atoms with E-state index < -0.39 is 23.6 Å². The first-order valence-electron chi connectivity index (χ1n) is 7.68. The van der Waals surface area contributed by atoms with Crippen LogP contribution in [0.15, 0.2) is 53.4 Å². The number of halogens is 3. The van der Waals surface area contributed by atoms with Crippen molar-refractivity contribution < 1.29 is 22.7 Å². The number of nitrogens with one attached hydrogen (secondary N) is 3. The van der Waals surface area contributed by atoms with Crippen molar-refractivity contribution in [2.45, 2.75) is 23.7 Å². The highest BCUT2D eigenvalue weighted by Gasteiger charge is 2.16. The first kappa shape index (κ1) is 20.8. The van der Waals surface area contributed by atoms with E-state index in [4.69, 9.17) is 17.0 Å². The van der Waals surface area contributed by atoms with Gasteiger partial charge in [-0.05, 0) is 55.5 Å². The zero-order chi connectivity index (χ0) is 19.8. The molecule has 0 saturated carbocycles. The second-order valence-corrected chi connectivity index (χ2v) is 6.63. The van der Waals surface area contributed by atoms with Gasteiger partial charge in [0, 0.05) is 10.6 Å². The Morgan fingerprint density at radius 3 is 2.41 bits per heavy atom. The Labute approximate surface area is 163 Å². The van der Waals surface area contributed by atoms with Crippen LogP contribution in [-0.4, -0.2) is 22.9 Å². The van der Waals surface area contributed by atoms with Crippen LogP contribution < -0.4 is 20.9 Å². The molecule has 3 N–H and O–H groups in total. The second kappa shape index (κ2) is 10.0. The Balaban J connectivity index is 1.79. The second-order valence-electron chi connectivity index (χ2n) is 5.16. The quantitative estimate of drug-likeness (QED) is 0.378. The van der Waals surface area contributed by atoms with Crippen molar-refractivity contribution >= 4 is 40.7 Å². The molecule has 2 aromatic carbocycles. The molecule has 0 aliphatic heterocycles. The average Bonchev–Trinajstić information content (AvgIpc) is 2.62. The molecule has 0 radical (unpaired) electrons. The maximum atomic E-state index is 13.5. The summed E-state index contributed by atoms with van der Waals surface area (Å²) in [5, 5.41) is 2.86. The molecule has 27 heavy (non-hydrogen) atoms. The number of amides is 1. The summed E-state index contributed by atoms with van der Waals surface area (Å²) in [6.07, 6.45) is -0.970. The van der Waals surface area contributed by atoms with Crippen molar-refractivity contribution in [3.8, 4) is 5.75 Å². The topological polar surface area (TPSA) is 62.4 Å². The maximum absolute atomic E-state index is 13.5. The molecule has 0 heterocycles. The summed E-state index contributed by atoms with van der Waals surface area (Å²) in [6.45, 7) is 1.46. The average molecular weight is 415 g/mol. The van der Waals surface area contributed by atoms with Gasteiger partial charge < -0.3 is 10.1 Å². The van der Waals surface area contributed by atoms with E-state index in [2.05, 4.69) is 16.2 Å². The third-order valence-corrected chi connectivity index (χ3v) is 4.07. The fourth-order valence-electron chi connectivity index (χ4n) is 1.89. The Bertz CT molecular complexity index is 791. The number of hydrogen-bond donors (Lipinski definition) is 3. The number of rotatable bonds is 6. The highest BCUT2D eigenvalue weighted by molar-refractivity contribution is 7.99. The van der Waals surface area contributed by atoms with Gasteiger partial charge in [-0.15, -0.1) is 0 Å². The van der Waals surface area contributed by atoms with Crippen LogP contribution in [-0.2, 0) is 4.79 Å². The van der Waals surface area contributed by atoms with Crippen LogP contribution in [0.2, 0.25) is 0 Å². The maximum Gasteiger partial charge on any atom is 0.288 e. The minimum atomic E-state index is -2.49. The molecular weight excluding hydrogens is 399 g/mol. The molecule has 0 unspecified atom stereocenters. The third kappa shape index (κ3) is 6.99. The van der Waals surface area contributed by atoms with Gasteiger partial charge in [-0.25, -0.2) is 4.39 Å². The lowest BCUT2D eigenvalue weighted by Crippen LogP contribution is -2.48. The van der Waals surface area contributed by atoms with E-state index in [0.717, 1.165) is 0 Å². The molecule has 0 bridgehead atoms. The number of carbonyl (C=O) groups excluding carboxylic acids is 1. The number of hydrazine groups is 1. The van der Waals surface area contributed by atoms with Gasteiger partial charge in [0.15, 0.2) is 22.8 Å². The molecule has 1 amide bonds. The number of ether oxygens (including phenoxy) is 1. The predicted molar refractivity (Wildman–Crippen MR) is 102 cm³/mol. The molecule has 0 saturated heterocycles. The van der Waals surface area contributed by atoms with Crippen molar-refractivity contribution in [1.29, 1.82) is 0 Å². The number of hydrogen-bond acceptors (Lipinski definition) is 4. The van der Waals surface area contributed by atoms with Crippen LogP contribution in [0.5, 0.6) is 5.75 Å². The smallest absolute Gasteiger partial charge is 0.288 e. The fourth-order valence-corrected chi connectivity index (χ4v) is 2.55. The molecule has 1 atom stereocenters. The van der Waals surface area contributed by atoms with Gasteiger partial charge in [0.05, 0.1) is 0 Å². The van der Waals surface area contributed by atoms with Crippen LogP contribution in [0.25, 0.3) is 0 Å². The molecule has 2 aromatic rings. The molecule has 0 fully saturated rings. The number of anilines is 1. The van der Waals surface area contributed by atoms with Gasteiger partial charge in [-0.1, -0.05) is 23.9 Å². The van der Waals surface area contributed by atoms with Crippen molar-refractivity contribution in [2.24, 2.45) is 0 Å². The first-order valence-corrected chi connectivity index (χ1v) is 8.97. The standard InChI is InChI=1S/C17H16F3N3O2S2/c1-10(25-14-5-3-2-4-13(14)18)15(24)22-23-17(26)21-11-6-8-12(9-7-11)27-16(19)20/h2-10,16H,1H3,(H,22,24)(H2,21,23,26)/t10-/m0/s1. The lowest BCUT2D eigenvalue weighted by molar-refractivity contribution is -0.127. The monoisotopic (exact) mass is 415 g/mol. The van der Waals surface area contributed by atoms with Crippen LogP contribution >= 0.6 is 24.0 Å². The lowest BCUT2D eigenvalue weighted by atomic mass is 10.3. The Morgan fingerprint density at radius 2 is 1.78 bits per heavy atom. The molecular formula is C17H16F3N3O2S2. The summed E-state index contributed by atoms with van der Waals surface area (Å²) in [5.74, 6) is -3.67. The SMILES string of the molecule is C[C@H](Oc1ccccc1F)C(=O)NNC(=S)Nc1ccc(SC(F)F)cc1. The zero-order valence-corrected chi connectivity index (χ0v) is 15.7. The summed E-state index contributed by atoms with van der Waals surface area (Å²) in [7, 11) is 0. The van der Waals surface area contributed by atoms with Gasteiger partial charge >= 0.3 is 0 Å². The van der Waals surface area contributed by atoms with Gasteiger partial charge in [-0.2, -0.15) is 8.78 Å². The van der Waals surface area contributed by atoms with Crippen LogP contribution in [0.4, 0.5) is 18.9 Å². The number of thioether (sulfide) groups is 1. The molecule has 0 aromatic heterocycles. The summed E-state index contributed by atoms with van der Waals surface area (Å²) in [4.78, 5) is 12.4. The van der Waals surface area contributed by atoms with E-state index in [9.17, 15) is 18.0 Å². The highest BCUT2D eigenvalue weighted by atomic mass is 32.2. The third-order valence-electron chi connectivity index (χ3n) is 3.15. The molecule has 5 nitrogen and oxygen atoms in total.